The Kier molecular flexibility index (Phi) is 4.21. The first-order chi connectivity index (χ1) is 9.13. The second-order valence-corrected chi connectivity index (χ2v) is 5.84. The third-order valence-electron chi connectivity index (χ3n) is 2.98. The molecule has 0 N–H and O–H groups in total. The van der Waals surface area contributed by atoms with Crippen LogP contribution in [0.5, 0.6) is 0 Å². The van der Waals surface area contributed by atoms with Crippen molar-refractivity contribution in [2.24, 2.45) is 0 Å². The van der Waals surface area contributed by atoms with Crippen molar-refractivity contribution in [2.45, 2.75) is 10.8 Å². The Hall–Kier alpha value is -1.40. The fourth-order valence-electron chi connectivity index (χ4n) is 1.98. The zero-order chi connectivity index (χ0) is 13.9. The van der Waals surface area contributed by atoms with E-state index in [1.807, 2.05) is 0 Å². The predicted molar refractivity (Wildman–Crippen MR) is 79.1 cm³/mol. The van der Waals surface area contributed by atoms with E-state index in [1.165, 1.54) is 6.08 Å². The van der Waals surface area contributed by atoms with E-state index < -0.39 is 21.5 Å². The molecule has 0 aromatic heterocycles. The number of halogens is 1. The van der Waals surface area contributed by atoms with Crippen LogP contribution in [0.15, 0.2) is 54.6 Å². The quantitative estimate of drug-likeness (QED) is 0.479. The van der Waals surface area contributed by atoms with Gasteiger partial charge in [0.05, 0.1) is 0 Å². The van der Waals surface area contributed by atoms with Crippen LogP contribution in [-0.4, -0.2) is 21.5 Å². The molecule has 0 amide bonds. The summed E-state index contributed by atoms with van der Waals surface area (Å²) in [4.78, 5) is 23.6. The number of carbonyl (C=O) groups is 1. The molecule has 4 nitrogen and oxygen atoms in total. The summed E-state index contributed by atoms with van der Waals surface area (Å²) >= 11 is 3.17. The number of Topliss-reactive ketones (excluding diaryl/α,β-unsaturated/α-hetero) is 1. The molecule has 0 bridgehead atoms. The average molecular weight is 340 g/mol. The number of rotatable bonds is 4. The second kappa shape index (κ2) is 5.71. The molecule has 2 unspecified atom stereocenters. The largest absolute Gasteiger partial charge is 0.318 e. The molecule has 1 aliphatic rings. The maximum Gasteiger partial charge on any atom is 0.318 e. The maximum absolute atomic E-state index is 12.6. The molecule has 6 heteroatoms. The molecule has 1 aromatic rings. The molecule has 2 rings (SSSR count). The van der Waals surface area contributed by atoms with E-state index in [0.717, 1.165) is 10.2 Å². The lowest BCUT2D eigenvalue weighted by atomic mass is 9.83. The highest BCUT2D eigenvalue weighted by molar-refractivity contribution is 9.50. The second-order valence-electron chi connectivity index (χ2n) is 4.03. The molecule has 98 valence electrons. The number of nitrogens with zero attached hydrogens (tertiary/aromatic N) is 1. The van der Waals surface area contributed by atoms with Crippen LogP contribution in [0.25, 0.3) is 0 Å². The van der Waals surface area contributed by atoms with Gasteiger partial charge in [0.15, 0.2) is 0 Å². The Balaban J connectivity index is 2.52. The number of carbonyl (C=O) groups excluding carboxylic acids is 1. The predicted octanol–water partition coefficient (Wildman–Crippen LogP) is 3.42. The van der Waals surface area contributed by atoms with Gasteiger partial charge in [-0.3, -0.25) is 14.9 Å². The van der Waals surface area contributed by atoms with Crippen molar-refractivity contribution in [1.29, 1.82) is 0 Å². The van der Waals surface area contributed by atoms with Crippen LogP contribution in [0.1, 0.15) is 10.4 Å². The van der Waals surface area contributed by atoms with Crippen LogP contribution < -0.4 is 0 Å². The average Bonchev–Trinajstić information content (AvgIpc) is 2.46. The molecule has 1 aliphatic carbocycles. The summed E-state index contributed by atoms with van der Waals surface area (Å²) in [5.41, 5.74) is -1.42. The van der Waals surface area contributed by atoms with Crippen LogP contribution in [0, 0.1) is 10.1 Å². The molecular formula is C13H10BrNO3S. The molecule has 0 heterocycles. The summed E-state index contributed by atoms with van der Waals surface area (Å²) in [7, 11) is 1.12. The highest BCUT2D eigenvalue weighted by Crippen LogP contribution is 2.37. The van der Waals surface area contributed by atoms with Crippen LogP contribution in [-0.2, 0) is 0 Å². The van der Waals surface area contributed by atoms with Crippen LogP contribution >= 0.6 is 25.0 Å². The normalized spacial score (nSPS) is 25.2. The first kappa shape index (κ1) is 14.0. The molecule has 0 spiro atoms. The number of allylic oxidation sites excluding steroid dienone is 2. The van der Waals surface area contributed by atoms with Crippen molar-refractivity contribution < 1.29 is 9.72 Å². The summed E-state index contributed by atoms with van der Waals surface area (Å²) in [6, 6.07) is 8.34. The molecule has 2 atom stereocenters. The van der Waals surface area contributed by atoms with Crippen molar-refractivity contribution in [2.75, 3.05) is 0 Å². The van der Waals surface area contributed by atoms with Crippen molar-refractivity contribution in [1.82, 2.24) is 0 Å². The van der Waals surface area contributed by atoms with Crippen molar-refractivity contribution in [3.05, 3.63) is 70.3 Å². The van der Waals surface area contributed by atoms with Gasteiger partial charge in [-0.25, -0.2) is 0 Å². The summed E-state index contributed by atoms with van der Waals surface area (Å²) in [6.45, 7) is 0. The molecule has 19 heavy (non-hydrogen) atoms. The molecule has 0 radical (unpaired) electrons. The van der Waals surface area contributed by atoms with Gasteiger partial charge >= 0.3 is 5.54 Å². The maximum atomic E-state index is 12.6. The number of nitro groups is 1. The first-order valence-corrected chi connectivity index (χ1v) is 8.23. The Bertz CT molecular complexity index is 558. The fourth-order valence-corrected chi connectivity index (χ4v) is 3.77. The minimum Gasteiger partial charge on any atom is -0.286 e. The Morgan fingerprint density at radius 2 is 2.00 bits per heavy atom. The van der Waals surface area contributed by atoms with Crippen LogP contribution in [0.4, 0.5) is 0 Å². The third-order valence-corrected chi connectivity index (χ3v) is 4.90. The van der Waals surface area contributed by atoms with Gasteiger partial charge in [0.25, 0.3) is 0 Å². The van der Waals surface area contributed by atoms with Gasteiger partial charge in [0.1, 0.15) is 5.25 Å². The minimum absolute atomic E-state index is 0.339. The van der Waals surface area contributed by atoms with E-state index in [-0.39, 0.29) is 0 Å². The van der Waals surface area contributed by atoms with E-state index >= 15 is 0 Å². The zero-order valence-electron chi connectivity index (χ0n) is 9.73. The summed E-state index contributed by atoms with van der Waals surface area (Å²) in [5.74, 6) is -0.504. The van der Waals surface area contributed by atoms with Gasteiger partial charge in [-0.05, 0) is 14.8 Å². The minimum atomic E-state index is -1.76. The van der Waals surface area contributed by atoms with Crippen molar-refractivity contribution >= 4 is 30.8 Å². The summed E-state index contributed by atoms with van der Waals surface area (Å²) in [5, 5.41) is 10.9. The third kappa shape index (κ3) is 2.37. The lowest BCUT2D eigenvalue weighted by molar-refractivity contribution is -0.533. The fraction of sp³-hybridized carbons (Fsp3) is 0.154. The number of hydrogen-bond acceptors (Lipinski definition) is 4. The first-order valence-electron chi connectivity index (χ1n) is 5.50. The van der Waals surface area contributed by atoms with Gasteiger partial charge in [-0.2, -0.15) is 0 Å². The molecule has 0 saturated heterocycles. The lowest BCUT2D eigenvalue weighted by Gasteiger charge is -2.27. The lowest BCUT2D eigenvalue weighted by Crippen LogP contribution is -2.52. The van der Waals surface area contributed by atoms with Gasteiger partial charge in [-0.15, -0.1) is 0 Å². The monoisotopic (exact) mass is 339 g/mol. The molecule has 0 saturated carbocycles. The van der Waals surface area contributed by atoms with E-state index in [4.69, 9.17) is 0 Å². The van der Waals surface area contributed by atoms with E-state index in [2.05, 4.69) is 14.8 Å². The topological polar surface area (TPSA) is 60.2 Å². The van der Waals surface area contributed by atoms with Gasteiger partial charge < -0.3 is 0 Å². The van der Waals surface area contributed by atoms with E-state index in [0.29, 0.717) is 5.56 Å². The highest BCUT2D eigenvalue weighted by Gasteiger charge is 2.55. The smallest absolute Gasteiger partial charge is 0.286 e. The SMILES string of the molecule is O=C(c1ccccc1)C1([N+](=O)[O-])C=CC=CC1SBr. The van der Waals surface area contributed by atoms with Crippen molar-refractivity contribution in [3.63, 3.8) is 0 Å². The molecule has 1 aromatic carbocycles. The summed E-state index contributed by atoms with van der Waals surface area (Å²) < 4.78 is 0. The zero-order valence-corrected chi connectivity index (χ0v) is 12.1. The Morgan fingerprint density at radius 1 is 1.32 bits per heavy atom. The van der Waals surface area contributed by atoms with E-state index in [1.54, 1.807) is 48.6 Å². The van der Waals surface area contributed by atoms with Gasteiger partial charge in [-0.1, -0.05) is 58.8 Å². The summed E-state index contributed by atoms with van der Waals surface area (Å²) in [6.07, 6.45) is 6.27. The Morgan fingerprint density at radius 3 is 2.58 bits per heavy atom. The number of hydrogen-bond donors (Lipinski definition) is 0. The van der Waals surface area contributed by atoms with Crippen molar-refractivity contribution in [3.8, 4) is 0 Å². The number of ketones is 1. The van der Waals surface area contributed by atoms with E-state index in [9.17, 15) is 14.9 Å². The highest BCUT2D eigenvalue weighted by atomic mass is 79.9. The van der Waals surface area contributed by atoms with Crippen LogP contribution in [0.2, 0.25) is 0 Å². The molecular weight excluding hydrogens is 330 g/mol. The molecule has 0 aliphatic heterocycles. The van der Waals surface area contributed by atoms with Crippen LogP contribution in [0.3, 0.4) is 0 Å². The van der Waals surface area contributed by atoms with Gasteiger partial charge in [0.2, 0.25) is 5.78 Å². The standard InChI is InChI=1S/C13H10BrNO3S/c14-19-11-8-4-5-9-13(11,15(17)18)12(16)10-6-2-1-3-7-10/h1-9,11H. The molecule has 0 fully saturated rings. The number of benzene rings is 1. The Labute approximate surface area is 121 Å². The van der Waals surface area contributed by atoms with Gasteiger partial charge in [0, 0.05) is 16.6 Å².